The predicted molar refractivity (Wildman–Crippen MR) is 219 cm³/mol. The minimum atomic E-state index is -4.44. The minimum absolute atomic E-state index is 0.0996. The standard InChI is InChI=1S/C37H48N6O11S3/c1-26(44)39-28-10-13-32-31(24-28)37(2,3)33(43(32)19-14-38-57(48,49)50)25-30-35(40(4)15-5-16-41-20-21-41)34(36(30)45)27-8-11-29(12-9-27)42(17-6-22-55-53-51-46)18-7-23-56-54-52-47/h8-13,20-21,24-25,38H,5-7,14-19,22-23H2,1-4H3,(H3-,39,44,46,47,48,49,50)/p+1. The van der Waals surface area contributed by atoms with Crippen molar-refractivity contribution in [1.29, 1.82) is 0 Å². The summed E-state index contributed by atoms with van der Waals surface area (Å²) in [6, 6.07) is 13.4. The fourth-order valence-electron chi connectivity index (χ4n) is 7.05. The smallest absolute Gasteiger partial charge is 0.333 e. The van der Waals surface area contributed by atoms with Crippen LogP contribution in [0.3, 0.4) is 0 Å². The number of likely N-dealkylation sites (N-methyl/N-ethyl adjacent to an activating group) is 1. The molecule has 310 valence electrons. The Bertz CT molecular complexity index is 1990. The summed E-state index contributed by atoms with van der Waals surface area (Å²) < 4.78 is 45.7. The van der Waals surface area contributed by atoms with Crippen molar-refractivity contribution in [3.63, 3.8) is 0 Å². The van der Waals surface area contributed by atoms with Crippen LogP contribution >= 0.6 is 24.1 Å². The van der Waals surface area contributed by atoms with Gasteiger partial charge >= 0.3 is 10.3 Å². The van der Waals surface area contributed by atoms with Crippen molar-refractivity contribution in [3.05, 3.63) is 83.3 Å². The van der Waals surface area contributed by atoms with Gasteiger partial charge in [-0.25, -0.2) is 10.5 Å². The van der Waals surface area contributed by atoms with Crippen LogP contribution in [0, 0.1) is 0 Å². The van der Waals surface area contributed by atoms with E-state index in [0.717, 1.165) is 83.8 Å². The zero-order valence-electron chi connectivity index (χ0n) is 32.2. The molecule has 0 saturated heterocycles. The maximum atomic E-state index is 14.4. The van der Waals surface area contributed by atoms with Gasteiger partial charge in [-0.1, -0.05) is 22.2 Å². The molecule has 3 aliphatic rings. The van der Waals surface area contributed by atoms with Crippen LogP contribution in [0.1, 0.15) is 51.2 Å². The number of rotatable bonds is 25. The fraction of sp³-hybridized carbons (Fsp3) is 0.432. The number of anilines is 2. The number of amides is 1. The highest BCUT2D eigenvalue weighted by Crippen LogP contribution is 2.45. The summed E-state index contributed by atoms with van der Waals surface area (Å²) in [5, 5.41) is 27.1. The first-order valence-electron chi connectivity index (χ1n) is 18.3. The Hall–Kier alpha value is -3.80. The largest absolute Gasteiger partial charge is 0.373 e. The summed E-state index contributed by atoms with van der Waals surface area (Å²) in [6.07, 6.45) is 8.20. The zero-order valence-corrected chi connectivity index (χ0v) is 34.6. The van der Waals surface area contributed by atoms with Gasteiger partial charge in [-0.15, -0.1) is 8.67 Å². The number of carbonyl (C=O) groups excluding carboxylic acids is 2. The molecule has 5 rings (SSSR count). The van der Waals surface area contributed by atoms with Crippen molar-refractivity contribution >= 4 is 74.4 Å². The van der Waals surface area contributed by atoms with Gasteiger partial charge in [0.2, 0.25) is 11.6 Å². The average Bonchev–Trinajstić information content (AvgIpc) is 3.96. The number of allylic oxidation sites excluding steroid dienone is 3. The second kappa shape index (κ2) is 20.3. The van der Waals surface area contributed by atoms with E-state index in [1.54, 1.807) is 6.07 Å². The molecule has 0 unspecified atom stereocenters. The van der Waals surface area contributed by atoms with Gasteiger partial charge in [-0.3, -0.25) is 14.1 Å². The summed E-state index contributed by atoms with van der Waals surface area (Å²) in [5.41, 5.74) is 5.96. The summed E-state index contributed by atoms with van der Waals surface area (Å²) in [5.74, 6) is 0.785. The van der Waals surface area contributed by atoms with E-state index in [4.69, 9.17) is 10.5 Å². The lowest BCUT2D eigenvalue weighted by atomic mass is 9.76. The number of hydrogen-bond donors (Lipinski definition) is 5. The maximum Gasteiger partial charge on any atom is 0.333 e. The van der Waals surface area contributed by atoms with E-state index in [1.807, 2.05) is 80.3 Å². The number of hydrogen-bond acceptors (Lipinski definition) is 15. The lowest BCUT2D eigenvalue weighted by Crippen LogP contribution is -2.37. The molecule has 0 aromatic heterocycles. The number of carbonyl (C=O) groups is 2. The second-order valence-corrected chi connectivity index (χ2v) is 16.8. The van der Waals surface area contributed by atoms with Crippen molar-refractivity contribution in [2.75, 3.05) is 68.0 Å². The maximum absolute atomic E-state index is 14.4. The Labute approximate surface area is 341 Å². The van der Waals surface area contributed by atoms with Gasteiger partial charge in [-0.05, 0) is 62.9 Å². The highest BCUT2D eigenvalue weighted by atomic mass is 32.2. The van der Waals surface area contributed by atoms with Crippen molar-refractivity contribution in [1.82, 2.24) is 14.5 Å². The Morgan fingerprint density at radius 3 is 2.21 bits per heavy atom. The number of nitrogens with zero attached hydrogens (tertiary/aromatic N) is 4. The summed E-state index contributed by atoms with van der Waals surface area (Å²) in [4.78, 5) is 32.7. The molecule has 0 saturated carbocycles. The Kier molecular flexibility index (Phi) is 15.7. The molecule has 2 aromatic carbocycles. The molecule has 57 heavy (non-hydrogen) atoms. The SMILES string of the molecule is CC(=O)Nc1ccc2c(c1)C(C)(C)C(C=C1C(=O)C(c3ccc(N(CCCSOOO)CCCSOOO)cc3)=C1N(C)CCCN1C=C1)=[N+]2CCNS(=O)(=O)O. The first-order chi connectivity index (χ1) is 27.2. The average molecular weight is 850 g/mol. The number of Topliss-reactive ketones (excluding diaryl/α,β-unsaturated/α-hetero) is 1. The molecule has 1 aliphatic carbocycles. The van der Waals surface area contributed by atoms with Gasteiger partial charge in [0.15, 0.2) is 18.0 Å². The van der Waals surface area contributed by atoms with Crippen LogP contribution < -0.4 is 14.9 Å². The molecule has 2 aromatic rings. The first-order valence-corrected chi connectivity index (χ1v) is 21.5. The lowest BCUT2D eigenvalue weighted by Gasteiger charge is -2.34. The van der Waals surface area contributed by atoms with Gasteiger partial charge in [0, 0.05) is 117 Å². The van der Waals surface area contributed by atoms with Crippen LogP contribution in [0.4, 0.5) is 17.1 Å². The van der Waals surface area contributed by atoms with Gasteiger partial charge in [-0.2, -0.15) is 17.7 Å². The van der Waals surface area contributed by atoms with Crippen LogP contribution in [-0.2, 0) is 44.1 Å². The highest BCUT2D eigenvalue weighted by Gasteiger charge is 2.47. The van der Waals surface area contributed by atoms with E-state index in [9.17, 15) is 22.6 Å². The van der Waals surface area contributed by atoms with E-state index in [2.05, 4.69) is 43.5 Å². The van der Waals surface area contributed by atoms with Crippen molar-refractivity contribution in [3.8, 4) is 0 Å². The lowest BCUT2D eigenvalue weighted by molar-refractivity contribution is -0.435. The van der Waals surface area contributed by atoms with Gasteiger partial charge in [0.25, 0.3) is 0 Å². The third-order valence-electron chi connectivity index (χ3n) is 9.72. The molecule has 2 heterocycles. The van der Waals surface area contributed by atoms with Crippen LogP contribution in [0.5, 0.6) is 0 Å². The third-order valence-corrected chi connectivity index (χ3v) is 11.5. The molecule has 17 nitrogen and oxygen atoms in total. The zero-order chi connectivity index (χ0) is 41.2. The van der Waals surface area contributed by atoms with Gasteiger partial charge in [0.1, 0.15) is 0 Å². The molecule has 0 fully saturated rings. The molecule has 0 atom stereocenters. The molecule has 5 N–H and O–H groups in total. The van der Waals surface area contributed by atoms with Gasteiger partial charge < -0.3 is 20.0 Å². The van der Waals surface area contributed by atoms with Crippen molar-refractivity contribution in [2.45, 2.75) is 45.4 Å². The Morgan fingerprint density at radius 2 is 1.63 bits per heavy atom. The van der Waals surface area contributed by atoms with E-state index < -0.39 is 15.7 Å². The number of ketones is 1. The molecular formula is C37H49N6O11S3+. The molecule has 1 amide bonds. The van der Waals surface area contributed by atoms with E-state index >= 15 is 0 Å². The Morgan fingerprint density at radius 1 is 0.982 bits per heavy atom. The van der Waals surface area contributed by atoms with Crippen LogP contribution in [-0.4, -0.2) is 113 Å². The Balaban J connectivity index is 1.50. The summed E-state index contributed by atoms with van der Waals surface area (Å²) in [7, 11) is -2.47. The molecule has 2 aliphatic heterocycles. The monoisotopic (exact) mass is 849 g/mol. The number of nitrogens with one attached hydrogen (secondary N) is 2. The minimum Gasteiger partial charge on any atom is -0.373 e. The van der Waals surface area contributed by atoms with Gasteiger partial charge in [0.05, 0.1) is 28.8 Å². The first kappa shape index (κ1) is 44.3. The van der Waals surface area contributed by atoms with E-state index in [-0.39, 0.29) is 24.8 Å². The van der Waals surface area contributed by atoms with Crippen molar-refractivity contribution in [2.24, 2.45) is 0 Å². The summed E-state index contributed by atoms with van der Waals surface area (Å²) >= 11 is 1.97. The normalized spacial score (nSPS) is 16.4. The summed E-state index contributed by atoms with van der Waals surface area (Å²) in [6.45, 7) is 8.39. The van der Waals surface area contributed by atoms with Crippen molar-refractivity contribution < 1.29 is 56.4 Å². The molecule has 0 bridgehead atoms. The van der Waals surface area contributed by atoms with Crippen LogP contribution in [0.25, 0.3) is 5.57 Å². The fourth-order valence-corrected chi connectivity index (χ4v) is 8.11. The molecular weight excluding hydrogens is 801 g/mol. The third kappa shape index (κ3) is 11.9. The van der Waals surface area contributed by atoms with E-state index in [1.165, 1.54) is 6.92 Å². The quantitative estimate of drug-likeness (QED) is 0.0167. The second-order valence-electron chi connectivity index (χ2n) is 14.0. The number of fused-ring (bicyclic) bond motifs is 1. The molecule has 20 heteroatoms. The van der Waals surface area contributed by atoms with Crippen LogP contribution in [0.2, 0.25) is 0 Å². The highest BCUT2D eigenvalue weighted by molar-refractivity contribution is 7.94. The molecule has 0 spiro atoms. The predicted octanol–water partition coefficient (Wildman–Crippen LogP) is 5.17. The number of benzene rings is 2. The van der Waals surface area contributed by atoms with E-state index in [0.29, 0.717) is 48.0 Å². The molecule has 0 radical (unpaired) electrons. The topological polar surface area (TPSA) is 202 Å². The van der Waals surface area contributed by atoms with Crippen LogP contribution in [0.15, 0.2) is 72.2 Å².